The second-order valence-electron chi connectivity index (χ2n) is 6.35. The zero-order valence-electron chi connectivity index (χ0n) is 14.1. The highest BCUT2D eigenvalue weighted by molar-refractivity contribution is 5.95. The van der Waals surface area contributed by atoms with Crippen molar-refractivity contribution >= 4 is 11.6 Å². The zero-order valence-corrected chi connectivity index (χ0v) is 14.1. The number of anilines is 1. The molecule has 2 aliphatic rings. The van der Waals surface area contributed by atoms with Crippen LogP contribution < -0.4 is 4.90 Å². The minimum absolute atomic E-state index is 0.0376. The molecule has 0 saturated carbocycles. The molecule has 0 spiro atoms. The molecule has 1 aromatic rings. The number of benzene rings is 1. The first-order valence-corrected chi connectivity index (χ1v) is 8.70. The number of carbonyl (C=O) groups is 1. The van der Waals surface area contributed by atoms with Gasteiger partial charge in [0.2, 0.25) is 5.91 Å². The molecule has 1 amide bonds. The Kier molecular flexibility index (Phi) is 6.01. The molecule has 0 N–H and O–H groups in total. The van der Waals surface area contributed by atoms with Crippen molar-refractivity contribution in [3.05, 3.63) is 43.0 Å². The predicted molar refractivity (Wildman–Crippen MR) is 93.8 cm³/mol. The zero-order chi connectivity index (χ0) is 16.8. The van der Waals surface area contributed by atoms with Crippen LogP contribution in [0.1, 0.15) is 12.8 Å². The Bertz CT molecular complexity index is 535. The molecule has 3 rings (SSSR count). The monoisotopic (exact) mass is 330 g/mol. The summed E-state index contributed by atoms with van der Waals surface area (Å²) in [6.07, 6.45) is 3.77. The molecule has 0 aliphatic carbocycles. The van der Waals surface area contributed by atoms with Gasteiger partial charge in [-0.15, -0.1) is 6.58 Å². The molecule has 0 unspecified atom stereocenters. The lowest BCUT2D eigenvalue weighted by Crippen LogP contribution is -2.45. The number of piperidine rings is 1. The average molecular weight is 330 g/mol. The first kappa shape index (κ1) is 17.1. The lowest BCUT2D eigenvalue weighted by molar-refractivity contribution is -0.121. The molecule has 2 saturated heterocycles. The quantitative estimate of drug-likeness (QED) is 0.751. The van der Waals surface area contributed by atoms with Crippen molar-refractivity contribution in [3.63, 3.8) is 0 Å². The molecule has 0 atom stereocenters. The minimum atomic E-state index is -0.0376. The molecular weight excluding hydrogens is 304 g/mol. The molecule has 0 radical (unpaired) electrons. The first-order valence-electron chi connectivity index (χ1n) is 8.70. The van der Waals surface area contributed by atoms with E-state index < -0.39 is 0 Å². The summed E-state index contributed by atoms with van der Waals surface area (Å²) in [5.41, 5.74) is 0.921. The van der Waals surface area contributed by atoms with Gasteiger partial charge in [-0.1, -0.05) is 24.3 Å². The van der Waals surface area contributed by atoms with Crippen LogP contribution in [-0.2, 0) is 14.3 Å². The Morgan fingerprint density at radius 2 is 1.88 bits per heavy atom. The van der Waals surface area contributed by atoms with E-state index in [2.05, 4.69) is 11.5 Å². The van der Waals surface area contributed by atoms with Gasteiger partial charge >= 0.3 is 0 Å². The molecular formula is C19H26N2O3. The van der Waals surface area contributed by atoms with Gasteiger partial charge in [0.05, 0.1) is 19.8 Å². The van der Waals surface area contributed by atoms with Gasteiger partial charge in [-0.2, -0.15) is 0 Å². The fourth-order valence-electron chi connectivity index (χ4n) is 3.40. The highest BCUT2D eigenvalue weighted by atomic mass is 16.7. The summed E-state index contributed by atoms with van der Waals surface area (Å²) in [5, 5.41) is 0. The van der Waals surface area contributed by atoms with Gasteiger partial charge in [0, 0.05) is 18.2 Å². The van der Waals surface area contributed by atoms with E-state index in [-0.39, 0.29) is 12.2 Å². The second kappa shape index (κ2) is 8.42. The number of hydrogen-bond donors (Lipinski definition) is 0. The van der Waals surface area contributed by atoms with E-state index in [1.165, 1.54) is 0 Å². The first-order chi connectivity index (χ1) is 11.8. The summed E-state index contributed by atoms with van der Waals surface area (Å²) < 4.78 is 11.2. The third kappa shape index (κ3) is 4.23. The molecule has 2 aliphatic heterocycles. The lowest BCUT2D eigenvalue weighted by atomic mass is 9.96. The summed E-state index contributed by atoms with van der Waals surface area (Å²) >= 11 is 0. The Balaban J connectivity index is 1.53. The summed E-state index contributed by atoms with van der Waals surface area (Å²) in [5.74, 6) is 0.574. The number of rotatable bonds is 6. The SMILES string of the molecule is C=CCN(C(=O)CN1CCC(C2OCCO2)CC1)c1ccccc1. The third-order valence-electron chi connectivity index (χ3n) is 4.70. The van der Waals surface area contributed by atoms with Crippen LogP contribution in [0.15, 0.2) is 43.0 Å². The normalized spacial score (nSPS) is 20.2. The fraction of sp³-hybridized carbons (Fsp3) is 0.526. The molecule has 130 valence electrons. The average Bonchev–Trinajstić information content (AvgIpc) is 3.15. The predicted octanol–water partition coefficient (Wildman–Crippen LogP) is 2.29. The van der Waals surface area contributed by atoms with Crippen LogP contribution in [0.25, 0.3) is 0 Å². The maximum absolute atomic E-state index is 12.7. The van der Waals surface area contributed by atoms with E-state index in [0.717, 1.165) is 31.6 Å². The van der Waals surface area contributed by atoms with E-state index >= 15 is 0 Å². The molecule has 0 bridgehead atoms. The summed E-state index contributed by atoms with van der Waals surface area (Å²) in [6.45, 7) is 7.99. The van der Waals surface area contributed by atoms with Crippen molar-refractivity contribution in [1.82, 2.24) is 4.90 Å². The largest absolute Gasteiger partial charge is 0.350 e. The highest BCUT2D eigenvalue weighted by Gasteiger charge is 2.31. The minimum Gasteiger partial charge on any atom is -0.350 e. The van der Waals surface area contributed by atoms with Crippen LogP contribution in [0.5, 0.6) is 0 Å². The number of hydrogen-bond acceptors (Lipinski definition) is 4. The Morgan fingerprint density at radius 1 is 1.21 bits per heavy atom. The van der Waals surface area contributed by atoms with Crippen LogP contribution in [-0.4, -0.2) is 56.5 Å². The number of para-hydroxylation sites is 1. The number of carbonyl (C=O) groups excluding carboxylic acids is 1. The topological polar surface area (TPSA) is 42.0 Å². The van der Waals surface area contributed by atoms with E-state index in [4.69, 9.17) is 9.47 Å². The van der Waals surface area contributed by atoms with Gasteiger partial charge in [0.1, 0.15) is 0 Å². The van der Waals surface area contributed by atoms with Gasteiger partial charge in [0.25, 0.3) is 0 Å². The number of ether oxygens (including phenoxy) is 2. The Morgan fingerprint density at radius 3 is 2.50 bits per heavy atom. The molecule has 5 nitrogen and oxygen atoms in total. The number of nitrogens with zero attached hydrogens (tertiary/aromatic N) is 2. The van der Waals surface area contributed by atoms with E-state index in [9.17, 15) is 4.79 Å². The Labute approximate surface area is 143 Å². The van der Waals surface area contributed by atoms with Gasteiger partial charge in [0.15, 0.2) is 6.29 Å². The van der Waals surface area contributed by atoms with Crippen LogP contribution in [0.4, 0.5) is 5.69 Å². The molecule has 5 heteroatoms. The molecule has 2 fully saturated rings. The molecule has 1 aromatic carbocycles. The lowest BCUT2D eigenvalue weighted by Gasteiger charge is -2.34. The van der Waals surface area contributed by atoms with Crippen LogP contribution >= 0.6 is 0 Å². The van der Waals surface area contributed by atoms with Gasteiger partial charge in [-0.25, -0.2) is 0 Å². The molecule has 2 heterocycles. The summed E-state index contributed by atoms with van der Waals surface area (Å²) in [7, 11) is 0. The van der Waals surface area contributed by atoms with Gasteiger partial charge < -0.3 is 14.4 Å². The maximum atomic E-state index is 12.7. The van der Waals surface area contributed by atoms with Gasteiger partial charge in [-0.05, 0) is 38.1 Å². The van der Waals surface area contributed by atoms with Crippen molar-refractivity contribution in [1.29, 1.82) is 0 Å². The van der Waals surface area contributed by atoms with E-state index in [1.807, 2.05) is 30.3 Å². The molecule has 24 heavy (non-hydrogen) atoms. The third-order valence-corrected chi connectivity index (χ3v) is 4.70. The highest BCUT2D eigenvalue weighted by Crippen LogP contribution is 2.26. The van der Waals surface area contributed by atoms with Crippen molar-refractivity contribution in [3.8, 4) is 0 Å². The van der Waals surface area contributed by atoms with Crippen molar-refractivity contribution in [2.75, 3.05) is 44.3 Å². The van der Waals surface area contributed by atoms with Crippen molar-refractivity contribution in [2.24, 2.45) is 5.92 Å². The van der Waals surface area contributed by atoms with E-state index in [1.54, 1.807) is 11.0 Å². The second-order valence-corrected chi connectivity index (χ2v) is 6.35. The van der Waals surface area contributed by atoms with Crippen molar-refractivity contribution < 1.29 is 14.3 Å². The maximum Gasteiger partial charge on any atom is 0.241 e. The van der Waals surface area contributed by atoms with Crippen LogP contribution in [0.2, 0.25) is 0 Å². The smallest absolute Gasteiger partial charge is 0.241 e. The molecule has 0 aromatic heterocycles. The Hall–Kier alpha value is -1.69. The summed E-state index contributed by atoms with van der Waals surface area (Å²) in [6, 6.07) is 9.78. The van der Waals surface area contributed by atoms with E-state index in [0.29, 0.717) is 32.2 Å². The van der Waals surface area contributed by atoms with Gasteiger partial charge in [-0.3, -0.25) is 9.69 Å². The fourth-order valence-corrected chi connectivity index (χ4v) is 3.40. The van der Waals surface area contributed by atoms with Crippen molar-refractivity contribution in [2.45, 2.75) is 19.1 Å². The van der Waals surface area contributed by atoms with Crippen LogP contribution in [0.3, 0.4) is 0 Å². The summed E-state index contributed by atoms with van der Waals surface area (Å²) in [4.78, 5) is 16.7. The standard InChI is InChI=1S/C19H26N2O3/c1-2-10-21(17-6-4-3-5-7-17)18(22)15-20-11-8-16(9-12-20)19-23-13-14-24-19/h2-7,16,19H,1,8-15H2. The number of likely N-dealkylation sites (tertiary alicyclic amines) is 1. The van der Waals surface area contributed by atoms with Crippen LogP contribution in [0, 0.1) is 5.92 Å². The number of amides is 1.